The van der Waals surface area contributed by atoms with Gasteiger partial charge in [0.05, 0.1) is 16.5 Å². The van der Waals surface area contributed by atoms with Gasteiger partial charge in [-0.25, -0.2) is 8.42 Å². The molecular weight excluding hydrogens is 412 g/mol. The van der Waals surface area contributed by atoms with Crippen molar-refractivity contribution in [1.82, 2.24) is 14.2 Å². The van der Waals surface area contributed by atoms with Crippen molar-refractivity contribution in [2.45, 2.75) is 18.7 Å². The Morgan fingerprint density at radius 3 is 2.61 bits per heavy atom. The SMILES string of the molecule is CCN(CCN(C)S(=O)(=O)c1ccc(C#N)cc1C)C(=O)c1cccc2ccncc12. The number of amides is 1. The molecule has 3 rings (SSSR count). The number of rotatable bonds is 7. The van der Waals surface area contributed by atoms with E-state index < -0.39 is 10.0 Å². The smallest absolute Gasteiger partial charge is 0.254 e. The van der Waals surface area contributed by atoms with Gasteiger partial charge in [0.2, 0.25) is 10.0 Å². The molecule has 31 heavy (non-hydrogen) atoms. The number of aryl methyl sites for hydroxylation is 1. The lowest BCUT2D eigenvalue weighted by molar-refractivity contribution is 0.0761. The lowest BCUT2D eigenvalue weighted by Crippen LogP contribution is -2.39. The van der Waals surface area contributed by atoms with Crippen LogP contribution < -0.4 is 0 Å². The van der Waals surface area contributed by atoms with Crippen LogP contribution in [0.3, 0.4) is 0 Å². The summed E-state index contributed by atoms with van der Waals surface area (Å²) < 4.78 is 27.2. The summed E-state index contributed by atoms with van der Waals surface area (Å²) in [5.74, 6) is -0.165. The molecule has 8 heteroatoms. The van der Waals surface area contributed by atoms with Crippen molar-refractivity contribution in [3.8, 4) is 6.07 Å². The van der Waals surface area contributed by atoms with E-state index in [1.807, 2.05) is 31.2 Å². The van der Waals surface area contributed by atoms with Crippen molar-refractivity contribution in [3.63, 3.8) is 0 Å². The van der Waals surface area contributed by atoms with Crippen molar-refractivity contribution in [2.75, 3.05) is 26.7 Å². The number of sulfonamides is 1. The molecule has 0 fully saturated rings. The molecule has 160 valence electrons. The van der Waals surface area contributed by atoms with Crippen LogP contribution >= 0.6 is 0 Å². The van der Waals surface area contributed by atoms with E-state index in [0.29, 0.717) is 23.2 Å². The number of hydrogen-bond donors (Lipinski definition) is 0. The summed E-state index contributed by atoms with van der Waals surface area (Å²) >= 11 is 0. The molecule has 0 unspecified atom stereocenters. The van der Waals surface area contributed by atoms with Crippen LogP contribution in [0.4, 0.5) is 0 Å². The number of nitrogens with zero attached hydrogens (tertiary/aromatic N) is 4. The van der Waals surface area contributed by atoms with Crippen LogP contribution in [0.1, 0.15) is 28.4 Å². The highest BCUT2D eigenvalue weighted by molar-refractivity contribution is 7.89. The minimum absolute atomic E-state index is 0.143. The maximum Gasteiger partial charge on any atom is 0.254 e. The van der Waals surface area contributed by atoms with Gasteiger partial charge in [0.25, 0.3) is 5.91 Å². The second-order valence-corrected chi connectivity index (χ2v) is 9.22. The highest BCUT2D eigenvalue weighted by Gasteiger charge is 2.24. The van der Waals surface area contributed by atoms with E-state index in [4.69, 9.17) is 5.26 Å². The molecule has 7 nitrogen and oxygen atoms in total. The van der Waals surface area contributed by atoms with Crippen LogP contribution in [-0.4, -0.2) is 55.2 Å². The average Bonchev–Trinajstić information content (AvgIpc) is 2.78. The number of carbonyl (C=O) groups is 1. The summed E-state index contributed by atoms with van der Waals surface area (Å²) in [7, 11) is -2.25. The van der Waals surface area contributed by atoms with E-state index in [2.05, 4.69) is 4.98 Å². The summed E-state index contributed by atoms with van der Waals surface area (Å²) in [5.41, 5.74) is 1.46. The number of pyridine rings is 1. The number of aromatic nitrogens is 1. The zero-order chi connectivity index (χ0) is 22.6. The summed E-state index contributed by atoms with van der Waals surface area (Å²) in [6.07, 6.45) is 3.35. The molecule has 0 spiro atoms. The van der Waals surface area contributed by atoms with Gasteiger partial charge in [0.15, 0.2) is 0 Å². The topological polar surface area (TPSA) is 94.4 Å². The quantitative estimate of drug-likeness (QED) is 0.567. The zero-order valence-electron chi connectivity index (χ0n) is 17.7. The largest absolute Gasteiger partial charge is 0.338 e. The number of likely N-dealkylation sites (N-methyl/N-ethyl adjacent to an activating group) is 2. The van der Waals surface area contributed by atoms with Crippen LogP contribution in [-0.2, 0) is 10.0 Å². The fourth-order valence-electron chi connectivity index (χ4n) is 3.43. The highest BCUT2D eigenvalue weighted by Crippen LogP contribution is 2.21. The molecule has 1 aromatic heterocycles. The van der Waals surface area contributed by atoms with E-state index in [1.54, 1.807) is 36.4 Å². The molecule has 1 heterocycles. The summed E-state index contributed by atoms with van der Waals surface area (Å²) in [5, 5.41) is 10.7. The highest BCUT2D eigenvalue weighted by atomic mass is 32.2. The molecule has 0 bridgehead atoms. The first-order valence-electron chi connectivity index (χ1n) is 9.88. The van der Waals surface area contributed by atoms with E-state index in [0.717, 1.165) is 10.8 Å². The maximum atomic E-state index is 13.1. The van der Waals surface area contributed by atoms with Gasteiger partial charge in [0, 0.05) is 50.0 Å². The maximum absolute atomic E-state index is 13.1. The monoisotopic (exact) mass is 436 g/mol. The molecular formula is C23H24N4O3S. The first-order chi connectivity index (χ1) is 14.8. The molecule has 0 atom stereocenters. The lowest BCUT2D eigenvalue weighted by atomic mass is 10.1. The molecule has 0 aliphatic heterocycles. The number of hydrogen-bond acceptors (Lipinski definition) is 5. The normalized spacial score (nSPS) is 11.5. The second kappa shape index (κ2) is 9.25. The summed E-state index contributed by atoms with van der Waals surface area (Å²) in [6, 6.07) is 13.9. The Morgan fingerprint density at radius 1 is 1.16 bits per heavy atom. The number of fused-ring (bicyclic) bond motifs is 1. The fourth-order valence-corrected chi connectivity index (χ4v) is 4.80. The van der Waals surface area contributed by atoms with Gasteiger partial charge in [0.1, 0.15) is 0 Å². The standard InChI is InChI=1S/C23H24N4O3S/c1-4-27(23(28)20-7-5-6-19-10-11-25-16-21(19)20)13-12-26(3)31(29,30)22-9-8-18(15-24)14-17(22)2/h5-11,14,16H,4,12-13H2,1-3H3. The zero-order valence-corrected chi connectivity index (χ0v) is 18.6. The molecule has 0 N–H and O–H groups in total. The van der Waals surface area contributed by atoms with Crippen molar-refractivity contribution >= 4 is 26.7 Å². The van der Waals surface area contributed by atoms with E-state index in [1.165, 1.54) is 23.5 Å². The van der Waals surface area contributed by atoms with Gasteiger partial charge in [-0.05, 0) is 55.1 Å². The number of nitriles is 1. The molecule has 2 aromatic carbocycles. The van der Waals surface area contributed by atoms with Gasteiger partial charge < -0.3 is 4.90 Å². The molecule has 0 aliphatic carbocycles. The van der Waals surface area contributed by atoms with Crippen molar-refractivity contribution in [2.24, 2.45) is 0 Å². The fraction of sp³-hybridized carbons (Fsp3) is 0.261. The Labute approximate surface area is 182 Å². The predicted octanol–water partition coefficient (Wildman–Crippen LogP) is 3.20. The van der Waals surface area contributed by atoms with Crippen molar-refractivity contribution in [3.05, 3.63) is 71.5 Å². The molecule has 0 aliphatic rings. The Morgan fingerprint density at radius 2 is 1.94 bits per heavy atom. The minimum atomic E-state index is -3.75. The number of benzene rings is 2. The van der Waals surface area contributed by atoms with Crippen LogP contribution in [0.2, 0.25) is 0 Å². The van der Waals surface area contributed by atoms with E-state index in [-0.39, 0.29) is 23.9 Å². The third kappa shape index (κ3) is 4.58. The summed E-state index contributed by atoms with van der Waals surface area (Å²) in [4.78, 5) is 19.1. The number of carbonyl (C=O) groups excluding carboxylic acids is 1. The molecule has 1 amide bonds. The third-order valence-corrected chi connectivity index (χ3v) is 7.28. The van der Waals surface area contributed by atoms with Crippen molar-refractivity contribution in [1.29, 1.82) is 5.26 Å². The Bertz CT molecular complexity index is 1260. The Kier molecular flexibility index (Phi) is 6.68. The lowest BCUT2D eigenvalue weighted by Gasteiger charge is -2.25. The van der Waals surface area contributed by atoms with Gasteiger partial charge in [-0.15, -0.1) is 0 Å². The first-order valence-corrected chi connectivity index (χ1v) is 11.3. The second-order valence-electron chi connectivity index (χ2n) is 7.21. The molecule has 0 saturated carbocycles. The molecule has 3 aromatic rings. The van der Waals surface area contributed by atoms with Gasteiger partial charge in [-0.1, -0.05) is 12.1 Å². The summed E-state index contributed by atoms with van der Waals surface area (Å²) in [6.45, 7) is 4.36. The average molecular weight is 437 g/mol. The van der Waals surface area contributed by atoms with Gasteiger partial charge >= 0.3 is 0 Å². The van der Waals surface area contributed by atoms with Crippen LogP contribution in [0.15, 0.2) is 59.8 Å². The van der Waals surface area contributed by atoms with Crippen LogP contribution in [0, 0.1) is 18.3 Å². The Balaban J connectivity index is 1.78. The third-order valence-electron chi connectivity index (χ3n) is 5.26. The van der Waals surface area contributed by atoms with Gasteiger partial charge in [-0.2, -0.15) is 9.57 Å². The Hall–Kier alpha value is -3.28. The van der Waals surface area contributed by atoms with Crippen LogP contribution in [0.5, 0.6) is 0 Å². The van der Waals surface area contributed by atoms with Gasteiger partial charge in [-0.3, -0.25) is 9.78 Å². The van der Waals surface area contributed by atoms with E-state index in [9.17, 15) is 13.2 Å². The van der Waals surface area contributed by atoms with Crippen molar-refractivity contribution < 1.29 is 13.2 Å². The minimum Gasteiger partial charge on any atom is -0.338 e. The van der Waals surface area contributed by atoms with Crippen LogP contribution in [0.25, 0.3) is 10.8 Å². The van der Waals surface area contributed by atoms with E-state index >= 15 is 0 Å². The first kappa shape index (κ1) is 22.4. The molecule has 0 saturated heterocycles. The molecule has 0 radical (unpaired) electrons. The predicted molar refractivity (Wildman–Crippen MR) is 119 cm³/mol.